The van der Waals surface area contributed by atoms with Crippen molar-refractivity contribution in [1.29, 1.82) is 0 Å². The number of nitrogens with zero attached hydrogens (tertiary/aromatic N) is 1. The van der Waals surface area contributed by atoms with Gasteiger partial charge in [-0.3, -0.25) is 4.79 Å². The Kier molecular flexibility index (Phi) is 5.65. The number of nitrogens with two attached hydrogens (primary N) is 1. The first-order valence-electron chi connectivity index (χ1n) is 5.96. The van der Waals surface area contributed by atoms with Gasteiger partial charge in [0.25, 0.3) is 0 Å². The third kappa shape index (κ3) is 5.14. The van der Waals surface area contributed by atoms with Gasteiger partial charge in [-0.05, 0) is 32.9 Å². The Labute approximate surface area is 92.2 Å². The van der Waals surface area contributed by atoms with Crippen LogP contribution in [0.3, 0.4) is 0 Å². The van der Waals surface area contributed by atoms with Crippen molar-refractivity contribution in [2.75, 3.05) is 26.2 Å². The first-order chi connectivity index (χ1) is 7.20. The van der Waals surface area contributed by atoms with Gasteiger partial charge in [0.05, 0.1) is 6.04 Å². The number of likely N-dealkylation sites (tertiary alicyclic amines) is 1. The maximum Gasteiger partial charge on any atom is 0.236 e. The topological polar surface area (TPSA) is 58.4 Å². The standard InChI is InChI=1S/C11H23N3O/c1-10(12)11(15)13-6-9-14-7-4-2-3-5-8-14/h10H,2-9,12H2,1H3,(H,13,15)/t10-/m1/s1. The van der Waals surface area contributed by atoms with Gasteiger partial charge in [0.1, 0.15) is 0 Å². The summed E-state index contributed by atoms with van der Waals surface area (Å²) in [5, 5.41) is 2.84. The van der Waals surface area contributed by atoms with Crippen LogP contribution in [-0.2, 0) is 4.79 Å². The highest BCUT2D eigenvalue weighted by atomic mass is 16.2. The second-order valence-electron chi connectivity index (χ2n) is 4.34. The number of hydrogen-bond donors (Lipinski definition) is 2. The van der Waals surface area contributed by atoms with Gasteiger partial charge in [-0.1, -0.05) is 12.8 Å². The molecule has 0 bridgehead atoms. The van der Waals surface area contributed by atoms with Gasteiger partial charge in [-0.25, -0.2) is 0 Å². The highest BCUT2D eigenvalue weighted by Gasteiger charge is 2.10. The second kappa shape index (κ2) is 6.80. The fourth-order valence-corrected chi connectivity index (χ4v) is 1.86. The van der Waals surface area contributed by atoms with E-state index in [9.17, 15) is 4.79 Å². The highest BCUT2D eigenvalue weighted by Crippen LogP contribution is 2.08. The van der Waals surface area contributed by atoms with E-state index in [0.29, 0.717) is 0 Å². The maximum atomic E-state index is 11.2. The molecule has 1 fully saturated rings. The molecule has 0 saturated carbocycles. The van der Waals surface area contributed by atoms with E-state index >= 15 is 0 Å². The minimum atomic E-state index is -0.394. The Balaban J connectivity index is 2.10. The predicted octanol–water partition coefficient (Wildman–Crippen LogP) is 0.326. The molecule has 3 N–H and O–H groups in total. The van der Waals surface area contributed by atoms with Crippen LogP contribution in [0.5, 0.6) is 0 Å². The van der Waals surface area contributed by atoms with Crippen molar-refractivity contribution in [3.63, 3.8) is 0 Å². The lowest BCUT2D eigenvalue weighted by Gasteiger charge is -2.20. The number of nitrogens with one attached hydrogen (secondary N) is 1. The van der Waals surface area contributed by atoms with E-state index in [1.54, 1.807) is 6.92 Å². The molecule has 0 aromatic rings. The minimum Gasteiger partial charge on any atom is -0.353 e. The zero-order valence-electron chi connectivity index (χ0n) is 9.67. The fourth-order valence-electron chi connectivity index (χ4n) is 1.86. The van der Waals surface area contributed by atoms with Crippen LogP contribution < -0.4 is 11.1 Å². The molecule has 0 unspecified atom stereocenters. The summed E-state index contributed by atoms with van der Waals surface area (Å²) in [6, 6.07) is -0.394. The van der Waals surface area contributed by atoms with Gasteiger partial charge in [0, 0.05) is 13.1 Å². The average Bonchev–Trinajstić information content (AvgIpc) is 2.46. The summed E-state index contributed by atoms with van der Waals surface area (Å²) in [4.78, 5) is 13.6. The van der Waals surface area contributed by atoms with Gasteiger partial charge in [-0.15, -0.1) is 0 Å². The van der Waals surface area contributed by atoms with Crippen LogP contribution in [0.2, 0.25) is 0 Å². The van der Waals surface area contributed by atoms with Crippen LogP contribution in [0.25, 0.3) is 0 Å². The van der Waals surface area contributed by atoms with Gasteiger partial charge in [-0.2, -0.15) is 0 Å². The van der Waals surface area contributed by atoms with E-state index in [1.165, 1.54) is 38.8 Å². The molecular weight excluding hydrogens is 190 g/mol. The molecule has 1 amide bonds. The van der Waals surface area contributed by atoms with Gasteiger partial charge < -0.3 is 16.0 Å². The normalized spacial score (nSPS) is 20.7. The third-order valence-electron chi connectivity index (χ3n) is 2.84. The second-order valence-corrected chi connectivity index (χ2v) is 4.34. The van der Waals surface area contributed by atoms with Gasteiger partial charge in [0.15, 0.2) is 0 Å². The van der Waals surface area contributed by atoms with E-state index in [0.717, 1.165) is 13.1 Å². The van der Waals surface area contributed by atoms with E-state index in [2.05, 4.69) is 10.2 Å². The van der Waals surface area contributed by atoms with Crippen LogP contribution in [-0.4, -0.2) is 43.0 Å². The fraction of sp³-hybridized carbons (Fsp3) is 0.909. The molecule has 0 aromatic carbocycles. The largest absolute Gasteiger partial charge is 0.353 e. The first-order valence-corrected chi connectivity index (χ1v) is 5.96. The van der Waals surface area contributed by atoms with Crippen molar-refractivity contribution in [3.8, 4) is 0 Å². The van der Waals surface area contributed by atoms with Crippen molar-refractivity contribution < 1.29 is 4.79 Å². The third-order valence-corrected chi connectivity index (χ3v) is 2.84. The van der Waals surface area contributed by atoms with Crippen molar-refractivity contribution in [2.45, 2.75) is 38.6 Å². The molecule has 88 valence electrons. The quantitative estimate of drug-likeness (QED) is 0.707. The average molecular weight is 213 g/mol. The Morgan fingerprint density at radius 2 is 1.93 bits per heavy atom. The molecule has 1 rings (SSSR count). The van der Waals surface area contributed by atoms with Gasteiger partial charge >= 0.3 is 0 Å². The molecule has 1 atom stereocenters. The summed E-state index contributed by atoms with van der Waals surface area (Å²) in [7, 11) is 0. The molecule has 15 heavy (non-hydrogen) atoms. The van der Waals surface area contributed by atoms with Crippen molar-refractivity contribution >= 4 is 5.91 Å². The Hall–Kier alpha value is -0.610. The SMILES string of the molecule is C[C@@H](N)C(=O)NCCN1CCCCCC1. The maximum absolute atomic E-state index is 11.2. The van der Waals surface area contributed by atoms with Crippen LogP contribution >= 0.6 is 0 Å². The van der Waals surface area contributed by atoms with Crippen molar-refractivity contribution in [1.82, 2.24) is 10.2 Å². The lowest BCUT2D eigenvalue weighted by atomic mass is 10.2. The molecule has 0 radical (unpaired) electrons. The van der Waals surface area contributed by atoms with Crippen molar-refractivity contribution in [3.05, 3.63) is 0 Å². The molecule has 1 aliphatic rings. The summed E-state index contributed by atoms with van der Waals surface area (Å²) in [5.74, 6) is -0.0511. The number of carbonyl (C=O) groups excluding carboxylic acids is 1. The molecule has 0 aliphatic carbocycles. The molecule has 4 heteroatoms. The Morgan fingerprint density at radius 3 is 2.47 bits per heavy atom. The smallest absolute Gasteiger partial charge is 0.236 e. The van der Waals surface area contributed by atoms with Crippen LogP contribution in [0.4, 0.5) is 0 Å². The highest BCUT2D eigenvalue weighted by molar-refractivity contribution is 5.80. The lowest BCUT2D eigenvalue weighted by Crippen LogP contribution is -2.42. The zero-order valence-corrected chi connectivity index (χ0v) is 9.67. The molecule has 0 aromatic heterocycles. The number of rotatable bonds is 4. The molecule has 1 saturated heterocycles. The van der Waals surface area contributed by atoms with E-state index < -0.39 is 6.04 Å². The van der Waals surface area contributed by atoms with Crippen LogP contribution in [0, 0.1) is 0 Å². The van der Waals surface area contributed by atoms with Crippen molar-refractivity contribution in [2.24, 2.45) is 5.73 Å². The summed E-state index contributed by atoms with van der Waals surface area (Å²) < 4.78 is 0. The predicted molar refractivity (Wildman–Crippen MR) is 61.6 cm³/mol. The Bertz CT molecular complexity index is 186. The molecule has 0 spiro atoms. The Morgan fingerprint density at radius 1 is 1.33 bits per heavy atom. The summed E-state index contributed by atoms with van der Waals surface area (Å²) >= 11 is 0. The lowest BCUT2D eigenvalue weighted by molar-refractivity contribution is -0.122. The van der Waals surface area contributed by atoms with Crippen LogP contribution in [0.15, 0.2) is 0 Å². The summed E-state index contributed by atoms with van der Waals surface area (Å²) in [6.45, 7) is 5.74. The summed E-state index contributed by atoms with van der Waals surface area (Å²) in [6.07, 6.45) is 5.29. The molecule has 4 nitrogen and oxygen atoms in total. The number of amides is 1. The number of hydrogen-bond acceptors (Lipinski definition) is 3. The van der Waals surface area contributed by atoms with Gasteiger partial charge in [0.2, 0.25) is 5.91 Å². The zero-order chi connectivity index (χ0) is 11.1. The van der Waals surface area contributed by atoms with E-state index in [-0.39, 0.29) is 5.91 Å². The summed E-state index contributed by atoms with van der Waals surface area (Å²) in [5.41, 5.74) is 5.45. The van der Waals surface area contributed by atoms with E-state index in [1.807, 2.05) is 0 Å². The molecule has 1 aliphatic heterocycles. The van der Waals surface area contributed by atoms with E-state index in [4.69, 9.17) is 5.73 Å². The molecular formula is C11H23N3O. The minimum absolute atomic E-state index is 0.0511. The number of carbonyl (C=O) groups is 1. The molecule has 1 heterocycles. The first kappa shape index (κ1) is 12.5. The van der Waals surface area contributed by atoms with Crippen LogP contribution in [0.1, 0.15) is 32.6 Å². The monoisotopic (exact) mass is 213 g/mol.